The molecule has 2 amide bonds. The lowest BCUT2D eigenvalue weighted by Gasteiger charge is -2.43. The second-order valence-electron chi connectivity index (χ2n) is 13.4. The number of hydrogen-bond acceptors (Lipinski definition) is 8. The molecule has 1 fully saturated rings. The van der Waals surface area contributed by atoms with Crippen molar-refractivity contribution < 1.29 is 28.7 Å². The monoisotopic (exact) mass is 602 g/mol. The average molecular weight is 603 g/mol. The summed E-state index contributed by atoms with van der Waals surface area (Å²) in [4.78, 5) is 48.3. The molecule has 5 atom stereocenters. The molecule has 0 saturated carbocycles. The second-order valence-corrected chi connectivity index (χ2v) is 13.4. The van der Waals surface area contributed by atoms with Crippen LogP contribution in [-0.2, 0) is 28.7 Å². The van der Waals surface area contributed by atoms with Gasteiger partial charge in [-0.15, -0.1) is 0 Å². The van der Waals surface area contributed by atoms with E-state index in [4.69, 9.17) is 25.9 Å². The smallest absolute Gasteiger partial charge is 0.248 e. The number of ketones is 1. The molecule has 1 aromatic carbocycles. The highest BCUT2D eigenvalue weighted by atomic mass is 16.8. The molecular weight excluding hydrogens is 548 g/mol. The Morgan fingerprint density at radius 2 is 1.72 bits per heavy atom. The summed E-state index contributed by atoms with van der Waals surface area (Å²) < 4.78 is 11.6. The number of nitrogens with one attached hydrogen (secondary N) is 2. The molecule has 1 aliphatic heterocycles. The lowest BCUT2D eigenvalue weighted by molar-refractivity contribution is -0.205. The molecule has 0 radical (unpaired) electrons. The van der Waals surface area contributed by atoms with Crippen molar-refractivity contribution in [3.05, 3.63) is 42.0 Å². The number of hydrazine groups is 1. The van der Waals surface area contributed by atoms with Gasteiger partial charge in [0.1, 0.15) is 0 Å². The van der Waals surface area contributed by atoms with Crippen molar-refractivity contribution in [1.29, 1.82) is 0 Å². The van der Waals surface area contributed by atoms with E-state index in [-0.39, 0.29) is 24.9 Å². The minimum absolute atomic E-state index is 0.00282. The van der Waals surface area contributed by atoms with Gasteiger partial charge in [0.25, 0.3) is 0 Å². The van der Waals surface area contributed by atoms with E-state index in [9.17, 15) is 14.4 Å². The number of ether oxygens (including phenoxy) is 2. The molecule has 0 spiro atoms. The van der Waals surface area contributed by atoms with Crippen molar-refractivity contribution in [2.45, 2.75) is 98.5 Å². The third-order valence-corrected chi connectivity index (χ3v) is 7.48. The highest BCUT2D eigenvalue weighted by molar-refractivity contribution is 5.99. The molecule has 0 aromatic heterocycles. The van der Waals surface area contributed by atoms with Gasteiger partial charge in [0.15, 0.2) is 12.1 Å². The predicted molar refractivity (Wildman–Crippen MR) is 168 cm³/mol. The number of nitrogens with two attached hydrogens (primary N) is 2. The Morgan fingerprint density at radius 1 is 1.05 bits per heavy atom. The molecule has 6 N–H and O–H groups in total. The van der Waals surface area contributed by atoms with Gasteiger partial charge in [-0.05, 0) is 63.9 Å². The van der Waals surface area contributed by atoms with E-state index in [1.54, 1.807) is 6.08 Å². The summed E-state index contributed by atoms with van der Waals surface area (Å²) in [5.41, 5.74) is 10.2. The number of amides is 2. The summed E-state index contributed by atoms with van der Waals surface area (Å²) in [6, 6.07) is 8.41. The van der Waals surface area contributed by atoms with Crippen molar-refractivity contribution in [2.75, 3.05) is 13.2 Å². The zero-order chi connectivity index (χ0) is 32.2. The van der Waals surface area contributed by atoms with Crippen molar-refractivity contribution >= 4 is 23.7 Å². The number of allylic oxidation sites excluding steroid dienone is 1. The van der Waals surface area contributed by atoms with Gasteiger partial charge in [0.2, 0.25) is 11.8 Å². The summed E-state index contributed by atoms with van der Waals surface area (Å²) in [7, 11) is 0. The highest BCUT2D eigenvalue weighted by Crippen LogP contribution is 2.45. The van der Waals surface area contributed by atoms with E-state index < -0.39 is 52.8 Å². The Kier molecular flexibility index (Phi) is 14.5. The Labute approximate surface area is 257 Å². The molecule has 2 rings (SSSR count). The second kappa shape index (κ2) is 17.0. The van der Waals surface area contributed by atoms with Crippen LogP contribution in [0.1, 0.15) is 86.1 Å². The van der Waals surface area contributed by atoms with Crippen LogP contribution in [0.4, 0.5) is 0 Å². The maximum Gasteiger partial charge on any atom is 0.248 e. The molecule has 0 bridgehead atoms. The van der Waals surface area contributed by atoms with Crippen LogP contribution in [0.15, 0.2) is 36.4 Å². The number of carbonyl (C=O) groups is 3. The number of Topliss-reactive ketones (excluding diaryl/α,β-unsaturated/α-hetero) is 1. The minimum Gasteiger partial charge on any atom is -0.374 e. The molecule has 10 nitrogen and oxygen atoms in total. The Balaban J connectivity index is 2.77. The number of benzene rings is 1. The largest absolute Gasteiger partial charge is 0.374 e. The fourth-order valence-electron chi connectivity index (χ4n) is 5.66. The lowest BCUT2D eigenvalue weighted by atomic mass is 9.60. The van der Waals surface area contributed by atoms with E-state index in [0.717, 1.165) is 18.4 Å². The number of hydrogen-bond donors (Lipinski definition) is 4. The Morgan fingerprint density at radius 3 is 2.26 bits per heavy atom. The first kappa shape index (κ1) is 36.6. The molecule has 1 heterocycles. The molecular formula is C33H54N4O6. The lowest BCUT2D eigenvalue weighted by Crippen LogP contribution is -2.58. The summed E-state index contributed by atoms with van der Waals surface area (Å²) >= 11 is 0. The van der Waals surface area contributed by atoms with Crippen LogP contribution in [0.25, 0.3) is 6.08 Å². The molecule has 10 heteroatoms. The van der Waals surface area contributed by atoms with Gasteiger partial charge >= 0.3 is 0 Å². The highest BCUT2D eigenvalue weighted by Gasteiger charge is 2.54. The summed E-state index contributed by atoms with van der Waals surface area (Å²) in [5, 5.41) is 0. The van der Waals surface area contributed by atoms with Crippen molar-refractivity contribution in [3.63, 3.8) is 0 Å². The van der Waals surface area contributed by atoms with Gasteiger partial charge in [0.05, 0.1) is 35.5 Å². The van der Waals surface area contributed by atoms with Gasteiger partial charge < -0.3 is 15.2 Å². The first-order valence-electron chi connectivity index (χ1n) is 15.5. The first-order chi connectivity index (χ1) is 20.2. The van der Waals surface area contributed by atoms with E-state index >= 15 is 0 Å². The van der Waals surface area contributed by atoms with Gasteiger partial charge in [-0.25, -0.2) is 16.2 Å². The van der Waals surface area contributed by atoms with Crippen LogP contribution < -0.4 is 22.5 Å². The fraction of sp³-hybridized carbons (Fsp3) is 0.667. The molecule has 242 valence electrons. The molecule has 0 aliphatic carbocycles. The fourth-order valence-corrected chi connectivity index (χ4v) is 5.66. The standard InChI is InChI=1S/C33H54N4O6/c1-22(2)19-25(30(39)36-35)28(31(40)37-43-27-15-11-12-18-41-27)33(20-23(3)4,17-16-24-13-9-8-10-14-24)29(38)26(34)21-42-32(5,6)7/h8-10,13-14,16-17,22-23,25-28H,11-12,15,18-21,34-35H2,1-7H3,(H,36,39)(H,37,40)/b17-16+/t25-,26-,27?,28-,33?/m1/s1. The minimum atomic E-state index is -1.52. The number of rotatable bonds is 16. The number of carbonyl (C=O) groups excluding carboxylic acids is 3. The Bertz CT molecular complexity index is 1050. The van der Waals surface area contributed by atoms with Crippen molar-refractivity contribution in [3.8, 4) is 0 Å². The van der Waals surface area contributed by atoms with Gasteiger partial charge in [0, 0.05) is 13.0 Å². The van der Waals surface area contributed by atoms with E-state index in [1.165, 1.54) is 0 Å². The number of hydroxylamine groups is 1. The maximum atomic E-state index is 14.7. The molecule has 1 aromatic rings. The van der Waals surface area contributed by atoms with Crippen molar-refractivity contribution in [2.24, 2.45) is 40.7 Å². The van der Waals surface area contributed by atoms with Crippen LogP contribution in [0.2, 0.25) is 0 Å². The third kappa shape index (κ3) is 11.4. The molecule has 2 unspecified atom stereocenters. The summed E-state index contributed by atoms with van der Waals surface area (Å²) in [6.45, 7) is 14.0. The predicted octanol–water partition coefficient (Wildman–Crippen LogP) is 4.29. The molecule has 1 aliphatic rings. The van der Waals surface area contributed by atoms with Gasteiger partial charge in [-0.1, -0.05) is 70.2 Å². The van der Waals surface area contributed by atoms with E-state index in [1.807, 2.05) is 84.9 Å². The quantitative estimate of drug-likeness (QED) is 0.124. The zero-order valence-electron chi connectivity index (χ0n) is 27.1. The van der Waals surface area contributed by atoms with Crippen LogP contribution in [-0.4, -0.2) is 48.7 Å². The van der Waals surface area contributed by atoms with Crippen LogP contribution in [0, 0.1) is 29.1 Å². The van der Waals surface area contributed by atoms with Crippen LogP contribution >= 0.6 is 0 Å². The van der Waals surface area contributed by atoms with Crippen LogP contribution in [0.3, 0.4) is 0 Å². The summed E-state index contributed by atoms with van der Waals surface area (Å²) in [5.74, 6) is 1.90. The summed E-state index contributed by atoms with van der Waals surface area (Å²) in [6.07, 6.45) is 5.90. The Hall–Kier alpha value is -2.63. The zero-order valence-corrected chi connectivity index (χ0v) is 27.1. The van der Waals surface area contributed by atoms with Gasteiger partial charge in [-0.3, -0.25) is 19.8 Å². The van der Waals surface area contributed by atoms with E-state index in [0.29, 0.717) is 19.4 Å². The first-order valence-corrected chi connectivity index (χ1v) is 15.5. The average Bonchev–Trinajstić information content (AvgIpc) is 2.96. The van der Waals surface area contributed by atoms with Crippen LogP contribution in [0.5, 0.6) is 0 Å². The van der Waals surface area contributed by atoms with Crippen molar-refractivity contribution in [1.82, 2.24) is 10.9 Å². The SMILES string of the molecule is CC(C)C[C@@H](C(=O)NN)[C@H](C(=O)NOC1CCCCO1)C(/C=C/c1ccccc1)(CC(C)C)C(=O)[C@H](N)COC(C)(C)C. The molecule has 1 saturated heterocycles. The van der Waals surface area contributed by atoms with Gasteiger partial charge in [-0.2, -0.15) is 0 Å². The molecule has 43 heavy (non-hydrogen) atoms. The topological polar surface area (TPSA) is 155 Å². The third-order valence-electron chi connectivity index (χ3n) is 7.48. The van der Waals surface area contributed by atoms with E-state index in [2.05, 4.69) is 10.9 Å². The normalized spacial score (nSPS) is 19.6. The maximum absolute atomic E-state index is 14.7.